The van der Waals surface area contributed by atoms with Crippen molar-refractivity contribution in [3.63, 3.8) is 0 Å². The van der Waals surface area contributed by atoms with Gasteiger partial charge in [0.25, 0.3) is 5.56 Å². The van der Waals surface area contributed by atoms with Gasteiger partial charge in [-0.25, -0.2) is 13.9 Å². The molecule has 0 aliphatic carbocycles. The molecule has 4 rings (SSSR count). The van der Waals surface area contributed by atoms with Gasteiger partial charge in [0.15, 0.2) is 6.23 Å². The molecule has 0 spiro atoms. The molecule has 0 saturated carbocycles. The van der Waals surface area contributed by atoms with Crippen LogP contribution in [-0.4, -0.2) is 65.9 Å². The summed E-state index contributed by atoms with van der Waals surface area (Å²) in [5, 5.41) is 22.9. The number of benzene rings is 2. The van der Waals surface area contributed by atoms with Crippen molar-refractivity contribution in [2.75, 3.05) is 13.2 Å². The molecule has 6 atom stereocenters. The van der Waals surface area contributed by atoms with Gasteiger partial charge in [-0.2, -0.15) is 4.31 Å². The van der Waals surface area contributed by atoms with Crippen LogP contribution in [0.5, 0.6) is 0 Å². The third-order valence-corrected chi connectivity index (χ3v) is 10.7. The Morgan fingerprint density at radius 3 is 2.28 bits per heavy atom. The van der Waals surface area contributed by atoms with Crippen molar-refractivity contribution in [3.8, 4) is 0 Å². The smallest absolute Gasteiger partial charge is 0.387 e. The van der Waals surface area contributed by atoms with E-state index in [4.69, 9.17) is 21.5 Å². The molecule has 2 heterocycles. The fourth-order valence-corrected chi connectivity index (χ4v) is 7.72. The Morgan fingerprint density at radius 2 is 1.53 bits per heavy atom. The van der Waals surface area contributed by atoms with Crippen LogP contribution >= 0.6 is 27.9 Å². The molecule has 3 aromatic rings. The maximum atomic E-state index is 12.3. The summed E-state index contributed by atoms with van der Waals surface area (Å²) in [7, 11) is -10.1. The molecule has 6 unspecified atom stereocenters. The lowest BCUT2D eigenvalue weighted by Crippen LogP contribution is -2.37. The number of hydrogen-bond donors (Lipinski definition) is 5. The number of unbranched alkanes of at least 4 members (excludes halogenated alkanes) is 6. The predicted octanol–water partition coefficient (Wildman–Crippen LogP) is 4.29. The molecule has 1 fully saturated rings. The number of nitrogens with zero attached hydrogens (tertiary/aromatic N) is 1. The first kappa shape index (κ1) is 37.4. The van der Waals surface area contributed by atoms with E-state index < -0.39 is 58.0 Å². The summed E-state index contributed by atoms with van der Waals surface area (Å²) in [6, 6.07) is 15.6. The molecule has 1 saturated heterocycles. The third-order valence-electron chi connectivity index (χ3n) is 7.69. The topological polar surface area (TPSA) is 207 Å². The van der Waals surface area contributed by atoms with Crippen LogP contribution in [0.25, 0.3) is 10.8 Å². The van der Waals surface area contributed by atoms with Crippen molar-refractivity contribution in [2.45, 2.75) is 82.3 Å². The second kappa shape index (κ2) is 17.3. The molecule has 1 aliphatic heterocycles. The van der Waals surface area contributed by atoms with Crippen molar-refractivity contribution in [2.24, 2.45) is 0 Å². The number of thiocarbonyl (C=S) groups is 1. The summed E-state index contributed by atoms with van der Waals surface area (Å²) in [5.41, 5.74) is -0.362. The first-order chi connectivity index (χ1) is 22.3. The number of aliphatic hydroxyl groups is 2. The van der Waals surface area contributed by atoms with E-state index in [1.54, 1.807) is 0 Å². The van der Waals surface area contributed by atoms with E-state index >= 15 is 0 Å². The molecular weight excluding hydrogens is 674 g/mol. The van der Waals surface area contributed by atoms with E-state index in [9.17, 15) is 38.7 Å². The van der Waals surface area contributed by atoms with Gasteiger partial charge in [0.2, 0.25) is 0 Å². The minimum atomic E-state index is -5.17. The van der Waals surface area contributed by atoms with Gasteiger partial charge < -0.3 is 24.7 Å². The number of aliphatic hydroxyl groups excluding tert-OH is 2. The molecule has 0 bridgehead atoms. The molecular formula is C30H40N2O12P2S. The van der Waals surface area contributed by atoms with Crippen molar-refractivity contribution in [1.29, 1.82) is 0 Å². The number of aromatic nitrogens is 2. The molecule has 1 aromatic heterocycles. The average molecular weight is 715 g/mol. The predicted molar refractivity (Wildman–Crippen MR) is 177 cm³/mol. The maximum Gasteiger partial charge on any atom is 0.481 e. The molecule has 0 amide bonds. The molecule has 0 radical (unpaired) electrons. The van der Waals surface area contributed by atoms with Crippen LogP contribution in [0.3, 0.4) is 0 Å². The van der Waals surface area contributed by atoms with Crippen molar-refractivity contribution >= 4 is 43.5 Å². The number of phosphoric ester groups is 2. The lowest BCUT2D eigenvalue weighted by Gasteiger charge is -2.19. The molecule has 258 valence electrons. The van der Waals surface area contributed by atoms with E-state index in [2.05, 4.69) is 39.2 Å². The third kappa shape index (κ3) is 11.3. The number of aromatic amines is 1. The quantitative estimate of drug-likeness (QED) is 0.0668. The molecule has 1 aliphatic rings. The Balaban J connectivity index is 1.06. The highest BCUT2D eigenvalue weighted by atomic mass is 32.1. The Labute approximate surface area is 276 Å². The molecule has 2 aromatic carbocycles. The fraction of sp³-hybridized carbons (Fsp3) is 0.500. The van der Waals surface area contributed by atoms with E-state index in [1.165, 1.54) is 16.3 Å². The van der Waals surface area contributed by atoms with Crippen LogP contribution in [-0.2, 0) is 33.6 Å². The Bertz CT molecular complexity index is 1710. The summed E-state index contributed by atoms with van der Waals surface area (Å²) < 4.78 is 44.4. The van der Waals surface area contributed by atoms with Gasteiger partial charge in [0, 0.05) is 18.7 Å². The Kier molecular flexibility index (Phi) is 13.8. The van der Waals surface area contributed by atoms with Gasteiger partial charge in [0.05, 0.1) is 13.2 Å². The Morgan fingerprint density at radius 1 is 0.872 bits per heavy atom. The van der Waals surface area contributed by atoms with Gasteiger partial charge in [-0.1, -0.05) is 86.8 Å². The zero-order chi connectivity index (χ0) is 34.0. The van der Waals surface area contributed by atoms with E-state index in [0.717, 1.165) is 66.6 Å². The number of rotatable bonds is 19. The summed E-state index contributed by atoms with van der Waals surface area (Å²) in [5.74, 6) is 0. The van der Waals surface area contributed by atoms with Crippen LogP contribution in [0, 0.1) is 0 Å². The average Bonchev–Trinajstić information content (AvgIpc) is 3.29. The van der Waals surface area contributed by atoms with E-state index in [0.29, 0.717) is 12.8 Å². The van der Waals surface area contributed by atoms with Crippen LogP contribution in [0.2, 0.25) is 0 Å². The van der Waals surface area contributed by atoms with Crippen LogP contribution < -0.4 is 11.2 Å². The molecule has 14 nitrogen and oxygen atoms in total. The van der Waals surface area contributed by atoms with Crippen molar-refractivity contribution in [1.82, 2.24) is 9.55 Å². The second-order valence-electron chi connectivity index (χ2n) is 11.3. The zero-order valence-electron chi connectivity index (χ0n) is 25.6. The summed E-state index contributed by atoms with van der Waals surface area (Å²) in [4.78, 5) is 46.0. The van der Waals surface area contributed by atoms with Crippen molar-refractivity contribution < 1.29 is 47.2 Å². The number of ether oxygens (including phenoxy) is 1. The highest BCUT2D eigenvalue weighted by Crippen LogP contribution is 2.60. The summed E-state index contributed by atoms with van der Waals surface area (Å²) >= 11 is 5.63. The summed E-state index contributed by atoms with van der Waals surface area (Å²) in [6.07, 6.45) is 2.60. The highest BCUT2D eigenvalue weighted by molar-refractivity contribution is 7.80. The molecule has 47 heavy (non-hydrogen) atoms. The minimum Gasteiger partial charge on any atom is -0.387 e. The number of nitrogens with one attached hydrogen (secondary N) is 1. The fourth-order valence-electron chi connectivity index (χ4n) is 5.31. The first-order valence-electron chi connectivity index (χ1n) is 15.3. The lowest BCUT2D eigenvalue weighted by molar-refractivity contribution is -0.0543. The first-order valence-corrected chi connectivity index (χ1v) is 18.7. The lowest BCUT2D eigenvalue weighted by atomic mass is 9.99. The molecule has 5 N–H and O–H groups in total. The monoisotopic (exact) mass is 714 g/mol. The largest absolute Gasteiger partial charge is 0.481 e. The van der Waals surface area contributed by atoms with Crippen LogP contribution in [0.1, 0.15) is 63.2 Å². The van der Waals surface area contributed by atoms with Crippen molar-refractivity contribution in [3.05, 3.63) is 81.1 Å². The van der Waals surface area contributed by atoms with Gasteiger partial charge in [-0.15, -0.1) is 0 Å². The number of fused-ring (bicyclic) bond motifs is 1. The normalized spacial score (nSPS) is 22.2. The Hall–Kier alpha value is -2.39. The standard InChI is InChI=1S/C30H40N2O12P2S/c33-26-16-17-32(30(36)31-26)29-28(35)27(34)25(43-29)20-42-46(39,40)44-45(37,38)41-18-9-5-3-1-2-4-6-14-23(47)19-22-13-10-12-21-11-7-8-15-24(21)22/h7-8,10-13,15-17,25,27-29,34-35H,1-6,9,14,18-20H2,(H,37,38)(H,39,40)(H,31,33,36). The van der Waals surface area contributed by atoms with E-state index in [1.807, 2.05) is 17.1 Å². The van der Waals surface area contributed by atoms with Gasteiger partial charge in [0.1, 0.15) is 18.3 Å². The highest BCUT2D eigenvalue weighted by Gasteiger charge is 2.46. The van der Waals surface area contributed by atoms with Crippen LogP contribution in [0.15, 0.2) is 64.3 Å². The number of H-pyrrole nitrogens is 1. The SMILES string of the molecule is O=c1ccn(C2OC(COP(=O)(O)OP(=O)(O)OCCCCCCCCCC(=S)Cc3cccc4ccccc34)C(O)C2O)c(=O)[nH]1. The number of phosphoric acid groups is 2. The second-order valence-corrected chi connectivity index (χ2v) is 14.9. The van der Waals surface area contributed by atoms with Gasteiger partial charge >= 0.3 is 21.3 Å². The van der Waals surface area contributed by atoms with Gasteiger partial charge in [-0.05, 0) is 40.5 Å². The zero-order valence-corrected chi connectivity index (χ0v) is 28.2. The van der Waals surface area contributed by atoms with Gasteiger partial charge in [-0.3, -0.25) is 23.4 Å². The molecule has 17 heteroatoms. The minimum absolute atomic E-state index is 0.192. The summed E-state index contributed by atoms with van der Waals surface area (Å²) in [6.45, 7) is -1.04. The van der Waals surface area contributed by atoms with E-state index in [-0.39, 0.29) is 6.61 Å². The maximum absolute atomic E-state index is 12.3. The number of hydrogen-bond acceptors (Lipinski definition) is 11. The van der Waals surface area contributed by atoms with Crippen LogP contribution in [0.4, 0.5) is 0 Å².